The molecular weight excluding hydrogens is 458 g/mol. The molecule has 0 fully saturated rings. The number of para-hydroxylation sites is 2. The van der Waals surface area contributed by atoms with Crippen molar-refractivity contribution in [2.45, 2.75) is 19.8 Å². The zero-order chi connectivity index (χ0) is 24.1. The second kappa shape index (κ2) is 8.36. The molecule has 1 N–H and O–H groups in total. The fraction of sp³-hybridized carbons (Fsp3) is 0.138. The number of allylic oxidation sites excluding steroid dienone is 1. The van der Waals surface area contributed by atoms with E-state index < -0.39 is 5.92 Å². The number of ether oxygens (including phenoxy) is 1. The number of benzene rings is 4. The van der Waals surface area contributed by atoms with E-state index in [9.17, 15) is 4.79 Å². The summed E-state index contributed by atoms with van der Waals surface area (Å²) in [5.74, 6) is -0.747. The van der Waals surface area contributed by atoms with Gasteiger partial charge in [-0.3, -0.25) is 0 Å². The minimum atomic E-state index is -0.398. The molecule has 0 aliphatic carbocycles. The van der Waals surface area contributed by atoms with Crippen LogP contribution in [0.1, 0.15) is 30.9 Å². The highest BCUT2D eigenvalue weighted by molar-refractivity contribution is 6.30. The minimum absolute atomic E-state index is 0.290. The zero-order valence-corrected chi connectivity index (χ0v) is 20.1. The fourth-order valence-corrected chi connectivity index (χ4v) is 5.17. The van der Waals surface area contributed by atoms with Gasteiger partial charge in [0.1, 0.15) is 0 Å². The van der Waals surface area contributed by atoms with E-state index >= 15 is 0 Å². The first-order valence-corrected chi connectivity index (χ1v) is 12.0. The van der Waals surface area contributed by atoms with Crippen LogP contribution in [0.2, 0.25) is 5.02 Å². The summed E-state index contributed by atoms with van der Waals surface area (Å²) >= 11 is 6.23. The van der Waals surface area contributed by atoms with Gasteiger partial charge in [-0.1, -0.05) is 60.1 Å². The van der Waals surface area contributed by atoms with Crippen LogP contribution in [-0.4, -0.2) is 22.5 Å². The minimum Gasteiger partial charge on any atom is -0.463 e. The lowest BCUT2D eigenvalue weighted by molar-refractivity contribution is -0.138. The molecule has 6 heteroatoms. The van der Waals surface area contributed by atoms with Crippen molar-refractivity contribution in [3.63, 3.8) is 0 Å². The van der Waals surface area contributed by atoms with Crippen molar-refractivity contribution in [3.05, 3.63) is 100 Å². The normalized spacial score (nSPS) is 15.3. The van der Waals surface area contributed by atoms with Crippen molar-refractivity contribution in [2.75, 3.05) is 11.9 Å². The van der Waals surface area contributed by atoms with E-state index in [2.05, 4.69) is 17.4 Å². The third-order valence-corrected chi connectivity index (χ3v) is 6.79. The Bertz CT molecular complexity index is 1680. The molecule has 0 radical (unpaired) electrons. The molecule has 0 saturated heterocycles. The summed E-state index contributed by atoms with van der Waals surface area (Å²) in [7, 11) is 0. The van der Waals surface area contributed by atoms with Crippen molar-refractivity contribution in [1.82, 2.24) is 9.97 Å². The predicted octanol–water partition coefficient (Wildman–Crippen LogP) is 6.98. The van der Waals surface area contributed by atoms with Crippen molar-refractivity contribution >= 4 is 56.1 Å². The van der Waals surface area contributed by atoms with E-state index in [1.54, 1.807) is 0 Å². The van der Waals surface area contributed by atoms with Crippen LogP contribution in [0.3, 0.4) is 0 Å². The van der Waals surface area contributed by atoms with Crippen molar-refractivity contribution in [1.29, 1.82) is 0 Å². The molecule has 0 amide bonds. The summed E-state index contributed by atoms with van der Waals surface area (Å²) in [6, 6.07) is 23.7. The maximum atomic E-state index is 13.3. The first kappa shape index (κ1) is 21.6. The number of rotatable bonds is 3. The molecule has 1 unspecified atom stereocenters. The van der Waals surface area contributed by atoms with Gasteiger partial charge in [-0.15, -0.1) is 0 Å². The Balaban J connectivity index is 1.78. The Morgan fingerprint density at radius 1 is 0.914 bits per heavy atom. The Labute approximate surface area is 207 Å². The molecule has 1 aliphatic heterocycles. The molecule has 1 atom stereocenters. The standard InChI is InChI=1S/C29H22ClN3O2/c1-3-35-29(34)23-16(2)31-26-19-8-4-5-9-20(19)27-28(33-22-11-7-6-10-21(22)32-27)25(26)24(23)17-12-14-18(30)15-13-17/h4-15,24,31H,3H2,1-2H3. The van der Waals surface area contributed by atoms with Gasteiger partial charge in [-0.2, -0.15) is 0 Å². The van der Waals surface area contributed by atoms with Gasteiger partial charge in [0.2, 0.25) is 0 Å². The third kappa shape index (κ3) is 3.43. The van der Waals surface area contributed by atoms with Gasteiger partial charge in [0.15, 0.2) is 0 Å². The lowest BCUT2D eigenvalue weighted by Gasteiger charge is -2.32. The lowest BCUT2D eigenvalue weighted by Crippen LogP contribution is -2.25. The van der Waals surface area contributed by atoms with E-state index in [-0.39, 0.29) is 5.97 Å². The summed E-state index contributed by atoms with van der Waals surface area (Å²) in [4.78, 5) is 23.4. The van der Waals surface area contributed by atoms with Crippen LogP contribution in [0, 0.1) is 0 Å². The number of nitrogens with one attached hydrogen (secondary N) is 1. The number of carbonyl (C=O) groups excluding carboxylic acids is 1. The van der Waals surface area contributed by atoms with E-state index in [0.717, 1.165) is 55.4 Å². The highest BCUT2D eigenvalue weighted by atomic mass is 35.5. The number of carbonyl (C=O) groups is 1. The quantitative estimate of drug-likeness (QED) is 0.172. The van der Waals surface area contributed by atoms with Gasteiger partial charge in [0, 0.05) is 33.0 Å². The second-order valence-corrected chi connectivity index (χ2v) is 9.05. The Kier molecular flexibility index (Phi) is 5.15. The molecule has 6 rings (SSSR count). The maximum Gasteiger partial charge on any atom is 0.336 e. The number of hydrogen-bond acceptors (Lipinski definition) is 5. The van der Waals surface area contributed by atoms with Crippen LogP contribution < -0.4 is 5.32 Å². The van der Waals surface area contributed by atoms with Crippen LogP contribution in [0.15, 0.2) is 84.1 Å². The second-order valence-electron chi connectivity index (χ2n) is 8.61. The highest BCUT2D eigenvalue weighted by Crippen LogP contribution is 2.48. The number of aromatic nitrogens is 2. The predicted molar refractivity (Wildman–Crippen MR) is 141 cm³/mol. The van der Waals surface area contributed by atoms with Gasteiger partial charge < -0.3 is 10.1 Å². The van der Waals surface area contributed by atoms with E-state index in [4.69, 9.17) is 26.3 Å². The van der Waals surface area contributed by atoms with Crippen LogP contribution in [-0.2, 0) is 9.53 Å². The molecule has 35 heavy (non-hydrogen) atoms. The van der Waals surface area contributed by atoms with Gasteiger partial charge in [-0.25, -0.2) is 14.8 Å². The summed E-state index contributed by atoms with van der Waals surface area (Å²) in [5, 5.41) is 6.20. The molecule has 5 nitrogen and oxygen atoms in total. The molecule has 2 heterocycles. The zero-order valence-electron chi connectivity index (χ0n) is 19.3. The molecule has 5 aromatic rings. The third-order valence-electron chi connectivity index (χ3n) is 6.54. The monoisotopic (exact) mass is 479 g/mol. The average Bonchev–Trinajstić information content (AvgIpc) is 2.88. The Morgan fingerprint density at radius 3 is 2.23 bits per heavy atom. The summed E-state index contributed by atoms with van der Waals surface area (Å²) in [6.07, 6.45) is 0. The van der Waals surface area contributed by atoms with Crippen LogP contribution in [0.25, 0.3) is 32.8 Å². The van der Waals surface area contributed by atoms with E-state index in [0.29, 0.717) is 17.2 Å². The lowest BCUT2D eigenvalue weighted by atomic mass is 9.78. The van der Waals surface area contributed by atoms with Gasteiger partial charge in [-0.05, 0) is 43.7 Å². The highest BCUT2D eigenvalue weighted by Gasteiger charge is 2.36. The maximum absolute atomic E-state index is 13.3. The molecule has 1 aromatic heterocycles. The number of halogens is 1. The number of anilines is 1. The van der Waals surface area contributed by atoms with Crippen molar-refractivity contribution in [3.8, 4) is 0 Å². The molecule has 4 aromatic carbocycles. The molecule has 1 aliphatic rings. The summed E-state index contributed by atoms with van der Waals surface area (Å²) < 4.78 is 5.51. The number of fused-ring (bicyclic) bond motifs is 7. The Hall–Kier alpha value is -3.96. The van der Waals surface area contributed by atoms with E-state index in [1.165, 1.54) is 0 Å². The van der Waals surface area contributed by atoms with Gasteiger partial charge >= 0.3 is 5.97 Å². The first-order valence-electron chi connectivity index (χ1n) is 11.6. The number of nitrogens with zero attached hydrogens (tertiary/aromatic N) is 2. The molecular formula is C29H22ClN3O2. The average molecular weight is 480 g/mol. The first-order chi connectivity index (χ1) is 17.1. The SMILES string of the molecule is CCOC(=O)C1=C(C)Nc2c(c3nc4ccccc4nc3c3ccccc23)C1c1ccc(Cl)cc1. The van der Waals surface area contributed by atoms with E-state index in [1.807, 2.05) is 74.5 Å². The van der Waals surface area contributed by atoms with Crippen LogP contribution >= 0.6 is 11.6 Å². The molecule has 172 valence electrons. The number of hydrogen-bond donors (Lipinski definition) is 1. The Morgan fingerprint density at radius 2 is 1.54 bits per heavy atom. The molecule has 0 bridgehead atoms. The fourth-order valence-electron chi connectivity index (χ4n) is 5.05. The number of esters is 1. The summed E-state index contributed by atoms with van der Waals surface area (Å²) in [5.41, 5.74) is 7.30. The van der Waals surface area contributed by atoms with Crippen LogP contribution in [0.4, 0.5) is 5.69 Å². The largest absolute Gasteiger partial charge is 0.463 e. The van der Waals surface area contributed by atoms with Crippen molar-refractivity contribution in [2.24, 2.45) is 0 Å². The molecule has 0 saturated carbocycles. The summed E-state index contributed by atoms with van der Waals surface area (Å²) in [6.45, 7) is 4.03. The topological polar surface area (TPSA) is 64.1 Å². The molecule has 0 spiro atoms. The van der Waals surface area contributed by atoms with Gasteiger partial charge in [0.25, 0.3) is 0 Å². The van der Waals surface area contributed by atoms with Crippen LogP contribution in [0.5, 0.6) is 0 Å². The smallest absolute Gasteiger partial charge is 0.336 e. The van der Waals surface area contributed by atoms with Gasteiger partial charge in [0.05, 0.1) is 39.9 Å². The van der Waals surface area contributed by atoms with Crippen molar-refractivity contribution < 1.29 is 9.53 Å².